The largest absolute Gasteiger partial charge is 0.361 e. The van der Waals surface area contributed by atoms with Crippen molar-refractivity contribution in [2.75, 3.05) is 17.3 Å². The third-order valence-corrected chi connectivity index (χ3v) is 5.80. The van der Waals surface area contributed by atoms with Crippen molar-refractivity contribution >= 4 is 17.3 Å². The average molecular weight is 439 g/mol. The Morgan fingerprint density at radius 1 is 1.12 bits per heavy atom. The van der Waals surface area contributed by atoms with Crippen molar-refractivity contribution in [2.24, 2.45) is 0 Å². The second kappa shape index (κ2) is 9.46. The number of nitrogens with zero attached hydrogens (tertiary/aromatic N) is 5. The van der Waals surface area contributed by atoms with Gasteiger partial charge in [0.1, 0.15) is 11.9 Å². The predicted octanol–water partition coefficient (Wildman–Crippen LogP) is 4.07. The zero-order chi connectivity index (χ0) is 22.1. The SMILES string of the molecule is C.CC[C@H]1C(=O)Nc2c(cc(CCc3cnn(Cc4cnc(C)c(F)c4)c3)nc2C)N1C. The van der Waals surface area contributed by atoms with Gasteiger partial charge in [0, 0.05) is 25.1 Å². The number of amides is 1. The first-order valence-electron chi connectivity index (χ1n) is 10.5. The van der Waals surface area contributed by atoms with Crippen LogP contribution in [0.15, 0.2) is 30.7 Å². The van der Waals surface area contributed by atoms with Gasteiger partial charge in [0.15, 0.2) is 0 Å². The maximum atomic E-state index is 13.7. The number of aryl methyl sites for hydroxylation is 4. The highest BCUT2D eigenvalue weighted by molar-refractivity contribution is 6.04. The number of fused-ring (bicyclic) bond motifs is 1. The molecular weight excluding hydrogens is 407 g/mol. The van der Waals surface area contributed by atoms with E-state index in [1.807, 2.05) is 38.2 Å². The number of hydrogen-bond donors (Lipinski definition) is 1. The summed E-state index contributed by atoms with van der Waals surface area (Å²) in [6.07, 6.45) is 7.79. The Balaban J connectivity index is 0.00000289. The summed E-state index contributed by atoms with van der Waals surface area (Å²) in [5.74, 6) is -0.281. The van der Waals surface area contributed by atoms with Crippen LogP contribution in [0.2, 0.25) is 0 Å². The van der Waals surface area contributed by atoms with E-state index in [1.165, 1.54) is 6.07 Å². The minimum atomic E-state index is -0.301. The molecule has 7 nitrogen and oxygen atoms in total. The molecule has 4 rings (SSSR count). The fourth-order valence-corrected chi connectivity index (χ4v) is 4.00. The number of hydrogen-bond acceptors (Lipinski definition) is 5. The lowest BCUT2D eigenvalue weighted by Gasteiger charge is -2.35. The van der Waals surface area contributed by atoms with E-state index in [4.69, 9.17) is 4.98 Å². The van der Waals surface area contributed by atoms with Gasteiger partial charge in [-0.25, -0.2) is 4.39 Å². The van der Waals surface area contributed by atoms with Crippen molar-refractivity contribution < 1.29 is 9.18 Å². The zero-order valence-corrected chi connectivity index (χ0v) is 18.3. The molecule has 0 bridgehead atoms. The van der Waals surface area contributed by atoms with E-state index in [2.05, 4.69) is 21.5 Å². The van der Waals surface area contributed by atoms with E-state index in [-0.39, 0.29) is 25.2 Å². The van der Waals surface area contributed by atoms with Crippen LogP contribution in [0.5, 0.6) is 0 Å². The molecule has 3 aromatic rings. The van der Waals surface area contributed by atoms with Crippen LogP contribution in [0.4, 0.5) is 15.8 Å². The lowest BCUT2D eigenvalue weighted by Crippen LogP contribution is -2.46. The first-order valence-corrected chi connectivity index (χ1v) is 10.5. The molecule has 0 saturated heterocycles. The van der Waals surface area contributed by atoms with Gasteiger partial charge in [-0.1, -0.05) is 14.4 Å². The van der Waals surface area contributed by atoms with E-state index < -0.39 is 0 Å². The Morgan fingerprint density at radius 2 is 1.91 bits per heavy atom. The molecule has 0 aliphatic carbocycles. The molecule has 170 valence electrons. The molecule has 1 aliphatic heterocycles. The number of halogens is 1. The first-order chi connectivity index (χ1) is 14.9. The summed E-state index contributed by atoms with van der Waals surface area (Å²) in [5.41, 5.74) is 5.88. The van der Waals surface area contributed by atoms with E-state index >= 15 is 0 Å². The van der Waals surface area contributed by atoms with Crippen molar-refractivity contribution in [3.05, 3.63) is 64.7 Å². The molecule has 0 saturated carbocycles. The lowest BCUT2D eigenvalue weighted by atomic mass is 10.0. The van der Waals surface area contributed by atoms with E-state index in [0.717, 1.165) is 53.2 Å². The summed E-state index contributed by atoms with van der Waals surface area (Å²) in [5, 5.41) is 7.40. The maximum Gasteiger partial charge on any atom is 0.247 e. The highest BCUT2D eigenvalue weighted by Crippen LogP contribution is 2.34. The van der Waals surface area contributed by atoms with Crippen molar-refractivity contribution in [1.29, 1.82) is 0 Å². The van der Waals surface area contributed by atoms with Gasteiger partial charge in [-0.2, -0.15) is 5.10 Å². The van der Waals surface area contributed by atoms with E-state index in [1.54, 1.807) is 17.8 Å². The molecule has 0 unspecified atom stereocenters. The molecule has 0 fully saturated rings. The van der Waals surface area contributed by atoms with Crippen molar-refractivity contribution in [2.45, 2.75) is 60.0 Å². The highest BCUT2D eigenvalue weighted by Gasteiger charge is 2.30. The summed E-state index contributed by atoms with van der Waals surface area (Å²) in [7, 11) is 1.96. The molecule has 1 aliphatic rings. The number of carbonyl (C=O) groups excluding carboxylic acids is 1. The fraction of sp³-hybridized carbons (Fsp3) is 0.417. The Bertz CT molecular complexity index is 1130. The van der Waals surface area contributed by atoms with Crippen molar-refractivity contribution in [3.8, 4) is 0 Å². The maximum absolute atomic E-state index is 13.7. The third-order valence-electron chi connectivity index (χ3n) is 5.80. The van der Waals surface area contributed by atoms with Crippen LogP contribution < -0.4 is 10.2 Å². The molecule has 0 aromatic carbocycles. The number of carbonyl (C=O) groups is 1. The summed E-state index contributed by atoms with van der Waals surface area (Å²) in [4.78, 5) is 23.1. The number of anilines is 2. The number of nitrogens with one attached hydrogen (secondary N) is 1. The monoisotopic (exact) mass is 438 g/mol. The standard InChI is InChI=1S/C23H27FN6O.CH4/c1-5-20-23(31)28-22-15(3)27-18(9-21(22)29(20)4)7-6-16-11-26-30(12-16)13-17-8-19(24)14(2)25-10-17;/h8-12,20H,5-7,13H2,1-4H3,(H,28,31);1H4/t20-;/m0./s1. The highest BCUT2D eigenvalue weighted by atomic mass is 19.1. The van der Waals surface area contributed by atoms with Gasteiger partial charge in [-0.05, 0) is 56.4 Å². The molecule has 1 N–H and O–H groups in total. The van der Waals surface area contributed by atoms with E-state index in [0.29, 0.717) is 12.2 Å². The van der Waals surface area contributed by atoms with Crippen LogP contribution in [0.1, 0.15) is 49.0 Å². The topological polar surface area (TPSA) is 75.9 Å². The summed E-state index contributed by atoms with van der Waals surface area (Å²) in [6.45, 7) is 6.06. The molecule has 1 amide bonds. The number of likely N-dealkylation sites (N-methyl/N-ethyl adjacent to an activating group) is 1. The van der Waals surface area contributed by atoms with Crippen LogP contribution in [-0.4, -0.2) is 38.7 Å². The normalized spacial score (nSPS) is 15.2. The van der Waals surface area contributed by atoms with Crippen molar-refractivity contribution in [3.63, 3.8) is 0 Å². The van der Waals surface area contributed by atoms with Crippen LogP contribution >= 0.6 is 0 Å². The lowest BCUT2D eigenvalue weighted by molar-refractivity contribution is -0.117. The zero-order valence-electron chi connectivity index (χ0n) is 18.3. The van der Waals surface area contributed by atoms with Gasteiger partial charge in [0.2, 0.25) is 5.91 Å². The molecule has 0 spiro atoms. The van der Waals surface area contributed by atoms with Gasteiger partial charge in [0.05, 0.1) is 35.5 Å². The van der Waals surface area contributed by atoms with Crippen LogP contribution in [-0.2, 0) is 24.2 Å². The minimum Gasteiger partial charge on any atom is -0.361 e. The molecule has 0 radical (unpaired) electrons. The number of rotatable bonds is 6. The van der Waals surface area contributed by atoms with Crippen LogP contribution in [0.25, 0.3) is 0 Å². The fourth-order valence-electron chi connectivity index (χ4n) is 4.00. The summed E-state index contributed by atoms with van der Waals surface area (Å²) < 4.78 is 15.5. The second-order valence-electron chi connectivity index (χ2n) is 8.07. The Labute approximate surface area is 188 Å². The number of aromatic nitrogens is 4. The van der Waals surface area contributed by atoms with Gasteiger partial charge in [-0.15, -0.1) is 0 Å². The minimum absolute atomic E-state index is 0. The molecule has 3 aromatic heterocycles. The molecule has 4 heterocycles. The van der Waals surface area contributed by atoms with Gasteiger partial charge in [-0.3, -0.25) is 19.4 Å². The molecule has 8 heteroatoms. The van der Waals surface area contributed by atoms with Gasteiger partial charge < -0.3 is 10.2 Å². The Morgan fingerprint density at radius 3 is 2.62 bits per heavy atom. The predicted molar refractivity (Wildman–Crippen MR) is 124 cm³/mol. The Kier molecular flexibility index (Phi) is 6.91. The molecule has 1 atom stereocenters. The van der Waals surface area contributed by atoms with Gasteiger partial charge >= 0.3 is 0 Å². The molecular formula is C24H31FN6O. The van der Waals surface area contributed by atoms with Crippen LogP contribution in [0, 0.1) is 19.7 Å². The third kappa shape index (κ3) is 4.64. The summed E-state index contributed by atoms with van der Waals surface area (Å²) >= 11 is 0. The Hall–Kier alpha value is -3.29. The van der Waals surface area contributed by atoms with Crippen LogP contribution in [0.3, 0.4) is 0 Å². The van der Waals surface area contributed by atoms with Crippen molar-refractivity contribution in [1.82, 2.24) is 19.7 Å². The average Bonchev–Trinajstić information content (AvgIpc) is 3.18. The smallest absolute Gasteiger partial charge is 0.247 e. The molecule has 32 heavy (non-hydrogen) atoms. The summed E-state index contributed by atoms with van der Waals surface area (Å²) in [6, 6.07) is 3.40. The quantitative estimate of drug-likeness (QED) is 0.628. The first kappa shape index (κ1) is 23.4. The van der Waals surface area contributed by atoms with E-state index in [9.17, 15) is 9.18 Å². The number of pyridine rings is 2. The van der Waals surface area contributed by atoms with Gasteiger partial charge in [0.25, 0.3) is 0 Å². The second-order valence-corrected chi connectivity index (χ2v) is 8.07.